The molecule has 0 unspecified atom stereocenters. The highest BCUT2D eigenvalue weighted by molar-refractivity contribution is 6.03. The molecule has 0 bridgehead atoms. The molecule has 1 aliphatic carbocycles. The van der Waals surface area contributed by atoms with E-state index in [1.807, 2.05) is 64.1 Å². The number of aromatic amines is 2. The van der Waals surface area contributed by atoms with Crippen LogP contribution in [0.25, 0.3) is 22.0 Å². The van der Waals surface area contributed by atoms with Gasteiger partial charge in [0.1, 0.15) is 11.6 Å². The summed E-state index contributed by atoms with van der Waals surface area (Å²) in [5.41, 5.74) is 9.72. The van der Waals surface area contributed by atoms with Gasteiger partial charge in [-0.05, 0) is 94.7 Å². The average Bonchev–Trinajstić information content (AvgIpc) is 3.42. The standard InChI is InChI=1S/C36H44N6O6/c1-21-27(16-17-31(39-21)47-5)24-10-6-22(7-11-24)18-30(32(37)43)42(26-14-15-28-29(19-26)40-41-33(28)44)34(45)25-12-8-23(9-13-25)20-38-35(46)48-36(2,3)4/h6-7,10-11,14-17,19,23,25,30H,8-9,12-13,18,20H2,1-5H3,(H2,37,43)(H,38,46)(H2,40,41,44)/t23?,25?,30-/m0/s1. The molecule has 1 saturated carbocycles. The number of benzene rings is 2. The van der Waals surface area contributed by atoms with Gasteiger partial charge in [-0.15, -0.1) is 0 Å². The SMILES string of the molecule is COc1ccc(-c2ccc(C[C@@H](C(N)=O)N(C(=O)C3CCC(CNC(=O)OC(C)(C)C)CC3)c3ccc4c(=O)[nH][nH]c4c3)cc2)c(C)n1. The lowest BCUT2D eigenvalue weighted by atomic mass is 9.81. The fourth-order valence-corrected chi connectivity index (χ4v) is 6.31. The van der Waals surface area contributed by atoms with Crippen molar-refractivity contribution in [1.29, 1.82) is 0 Å². The van der Waals surface area contributed by atoms with Crippen LogP contribution >= 0.6 is 0 Å². The molecule has 0 radical (unpaired) electrons. The first-order valence-corrected chi connectivity index (χ1v) is 16.2. The highest BCUT2D eigenvalue weighted by atomic mass is 16.6. The number of aromatic nitrogens is 3. The van der Waals surface area contributed by atoms with Gasteiger partial charge >= 0.3 is 6.09 Å². The summed E-state index contributed by atoms with van der Waals surface area (Å²) in [6, 6.07) is 15.5. The van der Waals surface area contributed by atoms with Gasteiger partial charge in [-0.3, -0.25) is 29.5 Å². The minimum atomic E-state index is -0.984. The van der Waals surface area contributed by atoms with Crippen molar-refractivity contribution in [1.82, 2.24) is 20.5 Å². The average molecular weight is 657 g/mol. The van der Waals surface area contributed by atoms with Crippen molar-refractivity contribution in [3.63, 3.8) is 0 Å². The zero-order chi connectivity index (χ0) is 34.6. The van der Waals surface area contributed by atoms with Crippen LogP contribution in [0.3, 0.4) is 0 Å². The molecule has 1 aliphatic rings. The summed E-state index contributed by atoms with van der Waals surface area (Å²) in [6.07, 6.45) is 2.37. The molecule has 5 N–H and O–H groups in total. The van der Waals surface area contributed by atoms with Crippen molar-refractivity contribution in [2.75, 3.05) is 18.6 Å². The Balaban J connectivity index is 1.37. The predicted octanol–water partition coefficient (Wildman–Crippen LogP) is 5.00. The molecule has 0 saturated heterocycles. The maximum Gasteiger partial charge on any atom is 0.407 e. The molecule has 2 heterocycles. The first-order valence-electron chi connectivity index (χ1n) is 16.2. The third kappa shape index (κ3) is 8.04. The zero-order valence-corrected chi connectivity index (χ0v) is 28.1. The van der Waals surface area contributed by atoms with Gasteiger partial charge in [-0.25, -0.2) is 9.78 Å². The lowest BCUT2D eigenvalue weighted by molar-refractivity contribution is -0.127. The number of amides is 3. The first kappa shape index (κ1) is 34.2. The number of carbonyl (C=O) groups excluding carboxylic acids is 3. The number of hydrogen-bond acceptors (Lipinski definition) is 7. The summed E-state index contributed by atoms with van der Waals surface area (Å²) in [6.45, 7) is 7.82. The Kier molecular flexibility index (Phi) is 10.2. The summed E-state index contributed by atoms with van der Waals surface area (Å²) in [5, 5.41) is 8.70. The van der Waals surface area contributed by atoms with Crippen molar-refractivity contribution in [3.05, 3.63) is 76.2 Å². The molecule has 4 aromatic rings. The van der Waals surface area contributed by atoms with Gasteiger partial charge in [0, 0.05) is 41.9 Å². The lowest BCUT2D eigenvalue weighted by Crippen LogP contribution is -2.52. The van der Waals surface area contributed by atoms with Crippen molar-refractivity contribution < 1.29 is 23.9 Å². The van der Waals surface area contributed by atoms with Crippen molar-refractivity contribution in [3.8, 4) is 17.0 Å². The van der Waals surface area contributed by atoms with E-state index in [-0.39, 0.29) is 29.7 Å². The van der Waals surface area contributed by atoms with E-state index < -0.39 is 23.6 Å². The second kappa shape index (κ2) is 14.3. The summed E-state index contributed by atoms with van der Waals surface area (Å²) < 4.78 is 10.6. The maximum atomic E-state index is 14.4. The molecule has 12 heteroatoms. The maximum absolute atomic E-state index is 14.4. The smallest absolute Gasteiger partial charge is 0.407 e. The molecule has 1 atom stereocenters. The van der Waals surface area contributed by atoms with Gasteiger partial charge in [0.25, 0.3) is 5.56 Å². The van der Waals surface area contributed by atoms with E-state index in [2.05, 4.69) is 20.5 Å². The number of aryl methyl sites for hydroxylation is 1. The second-order valence-electron chi connectivity index (χ2n) is 13.4. The number of alkyl carbamates (subject to hydrolysis) is 1. The number of carbonyl (C=O) groups is 3. The Morgan fingerprint density at radius 1 is 1.02 bits per heavy atom. The molecule has 3 amide bonds. The van der Waals surface area contributed by atoms with Crippen LogP contribution in [0.5, 0.6) is 5.88 Å². The number of nitrogens with two attached hydrogens (primary N) is 1. The van der Waals surface area contributed by atoms with Gasteiger partial charge < -0.3 is 20.5 Å². The van der Waals surface area contributed by atoms with Gasteiger partial charge in [0.15, 0.2) is 0 Å². The summed E-state index contributed by atoms with van der Waals surface area (Å²) >= 11 is 0. The molecule has 0 spiro atoms. The predicted molar refractivity (Wildman–Crippen MR) is 184 cm³/mol. The molecular formula is C36H44N6O6. The topological polar surface area (TPSA) is 172 Å². The number of methoxy groups -OCH3 is 1. The third-order valence-corrected chi connectivity index (χ3v) is 8.81. The molecule has 254 valence electrons. The van der Waals surface area contributed by atoms with E-state index >= 15 is 0 Å². The van der Waals surface area contributed by atoms with Crippen LogP contribution in [0.15, 0.2) is 59.4 Å². The first-order chi connectivity index (χ1) is 22.8. The summed E-state index contributed by atoms with van der Waals surface area (Å²) in [7, 11) is 1.58. The number of anilines is 1. The van der Waals surface area contributed by atoms with Gasteiger partial charge in [0.05, 0.1) is 18.0 Å². The number of fused-ring (bicyclic) bond motifs is 1. The minimum absolute atomic E-state index is 0.193. The van der Waals surface area contributed by atoms with Gasteiger partial charge in [-0.1, -0.05) is 24.3 Å². The fraction of sp³-hybridized carbons (Fsp3) is 0.417. The highest BCUT2D eigenvalue weighted by Crippen LogP contribution is 2.33. The van der Waals surface area contributed by atoms with E-state index in [1.54, 1.807) is 25.3 Å². The van der Waals surface area contributed by atoms with E-state index in [0.717, 1.165) is 35.2 Å². The number of hydrogen-bond donors (Lipinski definition) is 4. The van der Waals surface area contributed by atoms with Crippen LogP contribution in [-0.4, -0.2) is 58.4 Å². The highest BCUT2D eigenvalue weighted by Gasteiger charge is 2.36. The van der Waals surface area contributed by atoms with E-state index in [1.165, 1.54) is 4.90 Å². The van der Waals surface area contributed by atoms with Crippen molar-refractivity contribution in [2.45, 2.75) is 71.4 Å². The van der Waals surface area contributed by atoms with Crippen LogP contribution in [0.4, 0.5) is 10.5 Å². The van der Waals surface area contributed by atoms with E-state index in [9.17, 15) is 19.2 Å². The monoisotopic (exact) mass is 656 g/mol. The number of H-pyrrole nitrogens is 2. The Morgan fingerprint density at radius 2 is 1.73 bits per heavy atom. The third-order valence-electron chi connectivity index (χ3n) is 8.81. The van der Waals surface area contributed by atoms with E-state index in [0.29, 0.717) is 41.9 Å². The Morgan fingerprint density at radius 3 is 2.35 bits per heavy atom. The zero-order valence-electron chi connectivity index (χ0n) is 28.1. The molecule has 5 rings (SSSR count). The lowest BCUT2D eigenvalue weighted by Gasteiger charge is -2.36. The van der Waals surface area contributed by atoms with Crippen molar-refractivity contribution >= 4 is 34.5 Å². The Labute approximate surface area is 279 Å². The van der Waals surface area contributed by atoms with Gasteiger partial charge in [-0.2, -0.15) is 0 Å². The van der Waals surface area contributed by atoms with Crippen LogP contribution in [0, 0.1) is 18.8 Å². The molecular weight excluding hydrogens is 612 g/mol. The Hall–Kier alpha value is -5.13. The molecule has 2 aromatic carbocycles. The molecule has 0 aliphatic heterocycles. The van der Waals surface area contributed by atoms with E-state index in [4.69, 9.17) is 15.2 Å². The van der Waals surface area contributed by atoms with Crippen LogP contribution in [0.2, 0.25) is 0 Å². The van der Waals surface area contributed by atoms with Crippen LogP contribution < -0.4 is 26.2 Å². The molecule has 12 nitrogen and oxygen atoms in total. The number of nitrogens with zero attached hydrogens (tertiary/aromatic N) is 2. The molecule has 2 aromatic heterocycles. The molecule has 48 heavy (non-hydrogen) atoms. The van der Waals surface area contributed by atoms with Crippen LogP contribution in [0.1, 0.15) is 57.7 Å². The largest absolute Gasteiger partial charge is 0.481 e. The van der Waals surface area contributed by atoms with Gasteiger partial charge in [0.2, 0.25) is 17.7 Å². The minimum Gasteiger partial charge on any atom is -0.481 e. The number of ether oxygens (including phenoxy) is 2. The number of primary amides is 1. The Bertz CT molecular complexity index is 1830. The fourth-order valence-electron chi connectivity index (χ4n) is 6.31. The summed E-state index contributed by atoms with van der Waals surface area (Å²) in [4.78, 5) is 57.9. The number of pyridine rings is 1. The quantitative estimate of drug-likeness (QED) is 0.186. The van der Waals surface area contributed by atoms with Crippen molar-refractivity contribution in [2.24, 2.45) is 17.6 Å². The normalized spacial score (nSPS) is 17.0. The molecule has 1 fully saturated rings. The van der Waals surface area contributed by atoms with Crippen LogP contribution in [-0.2, 0) is 20.7 Å². The second-order valence-corrected chi connectivity index (χ2v) is 13.4. The number of rotatable bonds is 10. The number of nitrogens with one attached hydrogen (secondary N) is 3. The summed E-state index contributed by atoms with van der Waals surface area (Å²) in [5.74, 6) is -0.453.